The zero-order valence-electron chi connectivity index (χ0n) is 14.6. The molecule has 0 spiro atoms. The minimum Gasteiger partial charge on any atom is -0.476 e. The molecule has 2 heterocycles. The van der Waals surface area contributed by atoms with Crippen molar-refractivity contribution >= 4 is 16.0 Å². The van der Waals surface area contributed by atoms with Crippen LogP contribution in [0.2, 0.25) is 0 Å². The Hall–Kier alpha value is -2.26. The number of hydrogen-bond acceptors (Lipinski definition) is 5. The average Bonchev–Trinajstić information content (AvgIpc) is 3.11. The standard InChI is InChI=1S/C17H22N4O4S/c1-2-13-5-7-15(8-6-13)26(24,25)21-9-3-4-14(11-21)10-20-12-16(17(22)23)18-19-20/h5-8,12,14H,2-4,9-11H2,1H3,(H,22,23)/t14-/m0/s1. The lowest BCUT2D eigenvalue weighted by molar-refractivity contribution is 0.0690. The number of aryl methyl sites for hydroxylation is 1. The van der Waals surface area contributed by atoms with Crippen LogP contribution in [-0.2, 0) is 23.0 Å². The van der Waals surface area contributed by atoms with E-state index < -0.39 is 16.0 Å². The Morgan fingerprint density at radius 3 is 2.65 bits per heavy atom. The van der Waals surface area contributed by atoms with Gasteiger partial charge >= 0.3 is 5.97 Å². The third kappa shape index (κ3) is 3.94. The summed E-state index contributed by atoms with van der Waals surface area (Å²) < 4.78 is 28.8. The van der Waals surface area contributed by atoms with Gasteiger partial charge in [0, 0.05) is 19.6 Å². The molecular formula is C17H22N4O4S. The van der Waals surface area contributed by atoms with Gasteiger partial charge in [-0.3, -0.25) is 4.68 Å². The predicted octanol–water partition coefficient (Wildman–Crippen LogP) is 1.64. The van der Waals surface area contributed by atoms with E-state index in [-0.39, 0.29) is 11.6 Å². The quantitative estimate of drug-likeness (QED) is 0.819. The summed E-state index contributed by atoms with van der Waals surface area (Å²) >= 11 is 0. The van der Waals surface area contributed by atoms with Crippen LogP contribution in [0, 0.1) is 5.92 Å². The van der Waals surface area contributed by atoms with Crippen LogP contribution in [-0.4, -0.2) is 51.9 Å². The molecule has 1 aromatic heterocycles. The molecule has 1 saturated heterocycles. The van der Waals surface area contributed by atoms with Gasteiger partial charge in [0.25, 0.3) is 0 Å². The molecule has 0 saturated carbocycles. The van der Waals surface area contributed by atoms with E-state index in [1.165, 1.54) is 15.2 Å². The zero-order valence-corrected chi connectivity index (χ0v) is 15.4. The maximum atomic E-state index is 12.9. The van der Waals surface area contributed by atoms with Crippen molar-refractivity contribution in [3.8, 4) is 0 Å². The Bertz CT molecular complexity index is 876. The van der Waals surface area contributed by atoms with Gasteiger partial charge in [-0.25, -0.2) is 13.2 Å². The van der Waals surface area contributed by atoms with Gasteiger partial charge < -0.3 is 5.11 Å². The number of rotatable bonds is 6. The Balaban J connectivity index is 1.71. The topological polar surface area (TPSA) is 105 Å². The fourth-order valence-electron chi connectivity index (χ4n) is 3.19. The number of carboxylic acid groups (broad SMARTS) is 1. The van der Waals surface area contributed by atoms with Gasteiger partial charge in [-0.05, 0) is 42.9 Å². The van der Waals surface area contributed by atoms with Crippen LogP contribution in [0.15, 0.2) is 35.4 Å². The molecule has 8 nitrogen and oxygen atoms in total. The molecule has 1 aromatic carbocycles. The smallest absolute Gasteiger partial charge is 0.358 e. The summed E-state index contributed by atoms with van der Waals surface area (Å²) in [7, 11) is -3.53. The molecule has 1 atom stereocenters. The molecule has 1 aliphatic heterocycles. The highest BCUT2D eigenvalue weighted by molar-refractivity contribution is 7.89. The Labute approximate surface area is 152 Å². The molecule has 0 radical (unpaired) electrons. The Kier molecular flexibility index (Phi) is 5.38. The number of aromatic carboxylic acids is 1. The number of sulfonamides is 1. The summed E-state index contributed by atoms with van der Waals surface area (Å²) in [6.07, 6.45) is 3.86. The lowest BCUT2D eigenvalue weighted by atomic mass is 10.00. The molecule has 26 heavy (non-hydrogen) atoms. The van der Waals surface area contributed by atoms with Gasteiger partial charge in [0.05, 0.1) is 11.1 Å². The number of aromatic nitrogens is 3. The summed E-state index contributed by atoms with van der Waals surface area (Å²) in [6, 6.07) is 7.01. The van der Waals surface area contributed by atoms with E-state index in [9.17, 15) is 13.2 Å². The van der Waals surface area contributed by atoms with Crippen molar-refractivity contribution < 1.29 is 18.3 Å². The Morgan fingerprint density at radius 1 is 1.31 bits per heavy atom. The number of piperidine rings is 1. The van der Waals surface area contributed by atoms with E-state index >= 15 is 0 Å². The van der Waals surface area contributed by atoms with E-state index in [0.717, 1.165) is 24.8 Å². The predicted molar refractivity (Wildman–Crippen MR) is 94.3 cm³/mol. The van der Waals surface area contributed by atoms with Crippen molar-refractivity contribution in [2.75, 3.05) is 13.1 Å². The summed E-state index contributed by atoms with van der Waals surface area (Å²) in [4.78, 5) is 11.2. The minimum absolute atomic E-state index is 0.0665. The number of hydrogen-bond donors (Lipinski definition) is 1. The van der Waals surface area contributed by atoms with E-state index in [1.807, 2.05) is 19.1 Å². The maximum absolute atomic E-state index is 12.9. The second kappa shape index (κ2) is 7.55. The van der Waals surface area contributed by atoms with Crippen LogP contribution in [0.1, 0.15) is 35.8 Å². The largest absolute Gasteiger partial charge is 0.476 e. The van der Waals surface area contributed by atoms with E-state index in [2.05, 4.69) is 10.3 Å². The molecule has 0 unspecified atom stereocenters. The molecule has 1 fully saturated rings. The monoisotopic (exact) mass is 378 g/mol. The van der Waals surface area contributed by atoms with Crippen LogP contribution < -0.4 is 0 Å². The first-order valence-corrected chi connectivity index (χ1v) is 10.1. The van der Waals surface area contributed by atoms with Crippen LogP contribution in [0.5, 0.6) is 0 Å². The second-order valence-corrected chi connectivity index (χ2v) is 8.44. The molecular weight excluding hydrogens is 356 g/mol. The van der Waals surface area contributed by atoms with Crippen LogP contribution in [0.25, 0.3) is 0 Å². The third-order valence-electron chi connectivity index (χ3n) is 4.65. The first-order chi connectivity index (χ1) is 12.4. The fraction of sp³-hybridized carbons (Fsp3) is 0.471. The number of carboxylic acids is 1. The molecule has 140 valence electrons. The van der Waals surface area contributed by atoms with Crippen LogP contribution in [0.3, 0.4) is 0 Å². The summed E-state index contributed by atoms with van der Waals surface area (Å²) in [5.41, 5.74) is 0.988. The van der Waals surface area contributed by atoms with Gasteiger partial charge in [0.1, 0.15) is 0 Å². The SMILES string of the molecule is CCc1ccc(S(=O)(=O)N2CCC[C@@H](Cn3cc(C(=O)O)nn3)C2)cc1. The highest BCUT2D eigenvalue weighted by atomic mass is 32.2. The van der Waals surface area contributed by atoms with Crippen LogP contribution in [0.4, 0.5) is 0 Å². The van der Waals surface area contributed by atoms with Crippen molar-refractivity contribution in [3.63, 3.8) is 0 Å². The molecule has 1 N–H and O–H groups in total. The average molecular weight is 378 g/mol. The second-order valence-electron chi connectivity index (χ2n) is 6.50. The molecule has 1 aliphatic rings. The van der Waals surface area contributed by atoms with Gasteiger partial charge in [0.2, 0.25) is 10.0 Å². The number of nitrogens with zero attached hydrogens (tertiary/aromatic N) is 4. The molecule has 9 heteroatoms. The molecule has 2 aromatic rings. The van der Waals surface area contributed by atoms with Crippen molar-refractivity contribution in [2.45, 2.75) is 37.6 Å². The first kappa shape index (κ1) is 18.5. The van der Waals surface area contributed by atoms with Crippen molar-refractivity contribution in [1.82, 2.24) is 19.3 Å². The maximum Gasteiger partial charge on any atom is 0.358 e. The first-order valence-electron chi connectivity index (χ1n) is 8.62. The van der Waals surface area contributed by atoms with Crippen molar-refractivity contribution in [1.29, 1.82) is 0 Å². The normalized spacial score (nSPS) is 18.7. The van der Waals surface area contributed by atoms with E-state index in [1.54, 1.807) is 12.1 Å². The van der Waals surface area contributed by atoms with Gasteiger partial charge in [0.15, 0.2) is 5.69 Å². The van der Waals surface area contributed by atoms with Gasteiger partial charge in [-0.1, -0.05) is 24.3 Å². The zero-order chi connectivity index (χ0) is 18.7. The molecule has 3 rings (SSSR count). The molecule has 0 bridgehead atoms. The van der Waals surface area contributed by atoms with Crippen molar-refractivity contribution in [2.24, 2.45) is 5.92 Å². The van der Waals surface area contributed by atoms with E-state index in [0.29, 0.717) is 24.5 Å². The van der Waals surface area contributed by atoms with E-state index in [4.69, 9.17) is 5.11 Å². The molecule has 0 amide bonds. The molecule has 0 aliphatic carbocycles. The lowest BCUT2D eigenvalue weighted by Crippen LogP contribution is -2.41. The highest BCUT2D eigenvalue weighted by Crippen LogP contribution is 2.25. The van der Waals surface area contributed by atoms with Gasteiger partial charge in [-0.2, -0.15) is 4.31 Å². The van der Waals surface area contributed by atoms with Crippen molar-refractivity contribution in [3.05, 3.63) is 41.7 Å². The number of benzene rings is 1. The minimum atomic E-state index is -3.53. The Morgan fingerprint density at radius 2 is 2.04 bits per heavy atom. The highest BCUT2D eigenvalue weighted by Gasteiger charge is 2.30. The number of carbonyl (C=O) groups is 1. The third-order valence-corrected chi connectivity index (χ3v) is 6.53. The van der Waals surface area contributed by atoms with Crippen LogP contribution >= 0.6 is 0 Å². The summed E-state index contributed by atoms with van der Waals surface area (Å²) in [5, 5.41) is 16.3. The van der Waals surface area contributed by atoms with Gasteiger partial charge in [-0.15, -0.1) is 5.10 Å². The fourth-order valence-corrected chi connectivity index (χ4v) is 4.75. The summed E-state index contributed by atoms with van der Waals surface area (Å²) in [6.45, 7) is 3.35. The lowest BCUT2D eigenvalue weighted by Gasteiger charge is -2.31. The summed E-state index contributed by atoms with van der Waals surface area (Å²) in [5.74, 6) is -1.06.